The number of methoxy groups -OCH3 is 1. The van der Waals surface area contributed by atoms with E-state index in [2.05, 4.69) is 31.4 Å². The van der Waals surface area contributed by atoms with Crippen LogP contribution in [0.2, 0.25) is 10.0 Å². The lowest BCUT2D eigenvalue weighted by molar-refractivity contribution is -0.122. The van der Waals surface area contributed by atoms with E-state index < -0.39 is 5.97 Å². The number of nitrogens with zero attached hydrogens (tertiary/aromatic N) is 4. The number of esters is 1. The third-order valence-corrected chi connectivity index (χ3v) is 6.03. The van der Waals surface area contributed by atoms with Gasteiger partial charge in [0, 0.05) is 23.8 Å². The highest BCUT2D eigenvalue weighted by molar-refractivity contribution is 7.80. The standard InChI is InChI=1S/C26H23Cl2N7O4S/c1-38-25(37)16-5-4-6-18(13-16)31-26(40)30-12-11-29-23(36)15-35-33-24(32-34-35)19-7-2-3-8-21(19)39-22-10-9-17(27)14-20(22)28/h2-10,13-14H,11-12,15H2,1H3,(H,29,36)(H2,30,31,40). The van der Waals surface area contributed by atoms with E-state index in [9.17, 15) is 9.59 Å². The number of nitrogens with one attached hydrogen (secondary N) is 3. The molecule has 1 amide bonds. The SMILES string of the molecule is COC(=O)c1cccc(NC(=S)NCCNC(=O)Cn2nnc(-c3ccccc3Oc3ccc(Cl)cc3Cl)n2)c1. The van der Waals surface area contributed by atoms with Crippen molar-refractivity contribution in [3.63, 3.8) is 0 Å². The van der Waals surface area contributed by atoms with Gasteiger partial charge in [0.25, 0.3) is 0 Å². The quantitative estimate of drug-likeness (QED) is 0.137. The normalized spacial score (nSPS) is 10.5. The third-order valence-electron chi connectivity index (χ3n) is 5.25. The van der Waals surface area contributed by atoms with Gasteiger partial charge in [-0.1, -0.05) is 41.4 Å². The molecule has 11 nitrogen and oxygen atoms in total. The van der Waals surface area contributed by atoms with Crippen molar-refractivity contribution in [2.24, 2.45) is 0 Å². The van der Waals surface area contributed by atoms with Crippen molar-refractivity contribution in [2.75, 3.05) is 25.5 Å². The number of anilines is 1. The van der Waals surface area contributed by atoms with Gasteiger partial charge in [-0.25, -0.2) is 4.79 Å². The molecule has 4 aromatic rings. The first-order valence-corrected chi connectivity index (χ1v) is 13.0. The number of thiocarbonyl (C=S) groups is 1. The fraction of sp³-hybridized carbons (Fsp3) is 0.154. The summed E-state index contributed by atoms with van der Waals surface area (Å²) in [5.41, 5.74) is 1.60. The molecule has 0 radical (unpaired) electrons. The summed E-state index contributed by atoms with van der Waals surface area (Å²) in [6.07, 6.45) is 0. The van der Waals surface area contributed by atoms with Crippen LogP contribution in [-0.2, 0) is 16.1 Å². The Morgan fingerprint density at radius 2 is 1.77 bits per heavy atom. The fourth-order valence-corrected chi connectivity index (χ4v) is 4.08. The molecule has 14 heteroatoms. The minimum Gasteiger partial charge on any atom is -0.465 e. The second-order valence-corrected chi connectivity index (χ2v) is 9.37. The van der Waals surface area contributed by atoms with Gasteiger partial charge in [-0.05, 0) is 66.0 Å². The minimum atomic E-state index is -0.445. The number of para-hydroxylation sites is 1. The van der Waals surface area contributed by atoms with Gasteiger partial charge in [0.05, 0.1) is 23.3 Å². The van der Waals surface area contributed by atoms with Gasteiger partial charge >= 0.3 is 5.97 Å². The van der Waals surface area contributed by atoms with Gasteiger partial charge in [-0.15, -0.1) is 10.2 Å². The molecule has 0 fully saturated rings. The van der Waals surface area contributed by atoms with Crippen molar-refractivity contribution in [3.05, 3.63) is 82.3 Å². The Morgan fingerprint density at radius 3 is 2.58 bits per heavy atom. The minimum absolute atomic E-state index is 0.137. The van der Waals surface area contributed by atoms with Gasteiger partial charge in [-0.3, -0.25) is 4.79 Å². The molecule has 0 unspecified atom stereocenters. The molecule has 1 aromatic heterocycles. The highest BCUT2D eigenvalue weighted by atomic mass is 35.5. The van der Waals surface area contributed by atoms with Crippen LogP contribution in [0.5, 0.6) is 11.5 Å². The Hall–Kier alpha value is -4.26. The summed E-state index contributed by atoms with van der Waals surface area (Å²) in [4.78, 5) is 25.2. The molecule has 0 bridgehead atoms. The van der Waals surface area contributed by atoms with Crippen LogP contribution in [0, 0.1) is 0 Å². The van der Waals surface area contributed by atoms with E-state index in [0.717, 1.165) is 0 Å². The number of tetrazole rings is 1. The van der Waals surface area contributed by atoms with E-state index in [1.54, 1.807) is 66.7 Å². The third kappa shape index (κ3) is 7.88. The lowest BCUT2D eigenvalue weighted by atomic mass is 10.2. The highest BCUT2D eigenvalue weighted by Gasteiger charge is 2.15. The van der Waals surface area contributed by atoms with E-state index in [0.29, 0.717) is 56.6 Å². The Morgan fingerprint density at radius 1 is 0.975 bits per heavy atom. The zero-order chi connectivity index (χ0) is 28.5. The van der Waals surface area contributed by atoms with Crippen LogP contribution >= 0.6 is 35.4 Å². The lowest BCUT2D eigenvalue weighted by Crippen LogP contribution is -2.38. The smallest absolute Gasteiger partial charge is 0.337 e. The summed E-state index contributed by atoms with van der Waals surface area (Å²) in [6.45, 7) is 0.521. The van der Waals surface area contributed by atoms with Crippen molar-refractivity contribution in [1.29, 1.82) is 0 Å². The summed E-state index contributed by atoms with van der Waals surface area (Å²) < 4.78 is 10.7. The number of benzene rings is 3. The molecular weight excluding hydrogens is 577 g/mol. The van der Waals surface area contributed by atoms with E-state index >= 15 is 0 Å². The van der Waals surface area contributed by atoms with Crippen LogP contribution < -0.4 is 20.7 Å². The van der Waals surface area contributed by atoms with Gasteiger partial charge in [0.15, 0.2) is 5.11 Å². The molecular formula is C26H23Cl2N7O4S. The molecule has 0 atom stereocenters. The van der Waals surface area contributed by atoms with Crippen LogP contribution in [0.25, 0.3) is 11.4 Å². The maximum atomic E-state index is 12.4. The summed E-state index contributed by atoms with van der Waals surface area (Å²) >= 11 is 17.5. The molecule has 3 aromatic carbocycles. The molecule has 0 spiro atoms. The summed E-state index contributed by atoms with van der Waals surface area (Å²) in [5.74, 6) is 0.405. The predicted molar refractivity (Wildman–Crippen MR) is 155 cm³/mol. The summed E-state index contributed by atoms with van der Waals surface area (Å²) in [6, 6.07) is 18.8. The second-order valence-electron chi connectivity index (χ2n) is 8.12. The van der Waals surface area contributed by atoms with Crippen molar-refractivity contribution in [3.8, 4) is 22.9 Å². The van der Waals surface area contributed by atoms with Crippen LogP contribution in [-0.4, -0.2) is 57.4 Å². The molecule has 0 aliphatic rings. The number of carbonyl (C=O) groups is 2. The molecule has 0 saturated heterocycles. The predicted octanol–water partition coefficient (Wildman–Crippen LogP) is 4.33. The molecule has 0 aliphatic carbocycles. The molecule has 1 heterocycles. The molecule has 4 rings (SSSR count). The van der Waals surface area contributed by atoms with Crippen LogP contribution in [0.4, 0.5) is 5.69 Å². The largest absolute Gasteiger partial charge is 0.465 e. The highest BCUT2D eigenvalue weighted by Crippen LogP contribution is 2.35. The molecule has 0 aliphatic heterocycles. The number of amides is 1. The first kappa shape index (κ1) is 28.7. The monoisotopic (exact) mass is 599 g/mol. The number of hydrogen-bond donors (Lipinski definition) is 3. The Labute approximate surface area is 244 Å². The van der Waals surface area contributed by atoms with Crippen molar-refractivity contribution >= 4 is 58.1 Å². The van der Waals surface area contributed by atoms with Crippen molar-refractivity contribution in [2.45, 2.75) is 6.54 Å². The zero-order valence-electron chi connectivity index (χ0n) is 21.1. The summed E-state index contributed by atoms with van der Waals surface area (Å²) in [7, 11) is 1.32. The maximum Gasteiger partial charge on any atom is 0.337 e. The van der Waals surface area contributed by atoms with Crippen LogP contribution in [0.15, 0.2) is 66.7 Å². The topological polar surface area (TPSA) is 132 Å². The van der Waals surface area contributed by atoms with E-state index in [-0.39, 0.29) is 18.3 Å². The first-order valence-electron chi connectivity index (χ1n) is 11.8. The fourth-order valence-electron chi connectivity index (χ4n) is 3.41. The zero-order valence-corrected chi connectivity index (χ0v) is 23.4. The molecule has 3 N–H and O–H groups in total. The van der Waals surface area contributed by atoms with Crippen molar-refractivity contribution in [1.82, 2.24) is 30.8 Å². The van der Waals surface area contributed by atoms with Crippen LogP contribution in [0.3, 0.4) is 0 Å². The number of carbonyl (C=O) groups excluding carboxylic acids is 2. The maximum absolute atomic E-state index is 12.4. The summed E-state index contributed by atoms with van der Waals surface area (Å²) in [5, 5.41) is 22.2. The van der Waals surface area contributed by atoms with Gasteiger partial charge in [-0.2, -0.15) is 4.80 Å². The molecule has 0 saturated carbocycles. The number of halogens is 2. The first-order chi connectivity index (χ1) is 19.3. The second kappa shape index (κ2) is 13.7. The van der Waals surface area contributed by atoms with E-state index in [4.69, 9.17) is 44.9 Å². The Bertz CT molecular complexity index is 1530. The molecule has 40 heavy (non-hydrogen) atoms. The average Bonchev–Trinajstić information content (AvgIpc) is 3.40. The average molecular weight is 600 g/mol. The van der Waals surface area contributed by atoms with E-state index in [1.165, 1.54) is 11.9 Å². The lowest BCUT2D eigenvalue weighted by Gasteiger charge is -2.11. The number of rotatable bonds is 10. The Balaban J connectivity index is 1.25. The Kier molecular flexibility index (Phi) is 9.84. The van der Waals surface area contributed by atoms with Gasteiger partial charge in [0.2, 0.25) is 11.7 Å². The number of ether oxygens (including phenoxy) is 2. The van der Waals surface area contributed by atoms with E-state index in [1.807, 2.05) is 0 Å². The van der Waals surface area contributed by atoms with Crippen LogP contribution in [0.1, 0.15) is 10.4 Å². The van der Waals surface area contributed by atoms with Gasteiger partial charge in [0.1, 0.15) is 18.0 Å². The van der Waals surface area contributed by atoms with Gasteiger partial charge < -0.3 is 25.4 Å². The number of hydrogen-bond acceptors (Lipinski definition) is 8. The molecule has 206 valence electrons. The number of aromatic nitrogens is 4. The van der Waals surface area contributed by atoms with Crippen molar-refractivity contribution < 1.29 is 19.1 Å².